The van der Waals surface area contributed by atoms with Crippen LogP contribution >= 0.6 is 0 Å². The smallest absolute Gasteiger partial charge is 0.251 e. The number of aromatic nitrogens is 2. The lowest BCUT2D eigenvalue weighted by molar-refractivity contribution is -0.0190. The van der Waals surface area contributed by atoms with Gasteiger partial charge in [0.15, 0.2) is 0 Å². The molecule has 2 aromatic heterocycles. The summed E-state index contributed by atoms with van der Waals surface area (Å²) >= 11 is 0. The first-order valence-corrected chi connectivity index (χ1v) is 10.8. The second-order valence-corrected chi connectivity index (χ2v) is 8.65. The molecule has 0 saturated carbocycles. The SMILES string of the molecule is CNC(=O)c1ccc(-c2nc3cc(CC(C)(F)F)ccn3c2CC2CN(C)CCO2)c(F)c1. The van der Waals surface area contributed by atoms with E-state index in [1.165, 1.54) is 19.2 Å². The van der Waals surface area contributed by atoms with Crippen LogP contribution in [0.2, 0.25) is 0 Å². The molecule has 9 heteroatoms. The molecule has 1 saturated heterocycles. The molecule has 1 fully saturated rings. The second-order valence-electron chi connectivity index (χ2n) is 8.65. The van der Waals surface area contributed by atoms with Crippen LogP contribution in [-0.4, -0.2) is 66.0 Å². The summed E-state index contributed by atoms with van der Waals surface area (Å²) in [5.41, 5.74) is 2.49. The van der Waals surface area contributed by atoms with E-state index in [9.17, 15) is 13.6 Å². The van der Waals surface area contributed by atoms with Crippen molar-refractivity contribution < 1.29 is 22.7 Å². The fraction of sp³-hybridized carbons (Fsp3) is 0.417. The van der Waals surface area contributed by atoms with Crippen LogP contribution in [0.5, 0.6) is 0 Å². The van der Waals surface area contributed by atoms with Crippen molar-refractivity contribution in [3.05, 3.63) is 59.2 Å². The summed E-state index contributed by atoms with van der Waals surface area (Å²) in [4.78, 5) is 18.7. The number of pyridine rings is 1. The Morgan fingerprint density at radius 1 is 1.30 bits per heavy atom. The average molecular weight is 461 g/mol. The second kappa shape index (κ2) is 9.15. The van der Waals surface area contributed by atoms with E-state index in [-0.39, 0.29) is 23.1 Å². The van der Waals surface area contributed by atoms with Gasteiger partial charge in [-0.2, -0.15) is 0 Å². The minimum absolute atomic E-state index is 0.116. The Morgan fingerprint density at radius 3 is 2.76 bits per heavy atom. The molecule has 0 bridgehead atoms. The molecule has 1 aromatic carbocycles. The summed E-state index contributed by atoms with van der Waals surface area (Å²) in [7, 11) is 3.49. The van der Waals surface area contributed by atoms with Gasteiger partial charge < -0.3 is 19.4 Å². The zero-order chi connectivity index (χ0) is 23.8. The lowest BCUT2D eigenvalue weighted by Gasteiger charge is -2.30. The van der Waals surface area contributed by atoms with Crippen molar-refractivity contribution in [3.8, 4) is 11.3 Å². The molecule has 0 spiro atoms. The van der Waals surface area contributed by atoms with Gasteiger partial charge in [-0.1, -0.05) is 0 Å². The molecule has 1 unspecified atom stereocenters. The number of nitrogens with one attached hydrogen (secondary N) is 1. The van der Waals surface area contributed by atoms with Crippen LogP contribution in [0.3, 0.4) is 0 Å². The lowest BCUT2D eigenvalue weighted by atomic mass is 10.0. The number of halogens is 3. The van der Waals surface area contributed by atoms with E-state index in [1.807, 2.05) is 7.05 Å². The van der Waals surface area contributed by atoms with E-state index in [0.717, 1.165) is 19.2 Å². The lowest BCUT2D eigenvalue weighted by Crippen LogP contribution is -2.41. The van der Waals surface area contributed by atoms with E-state index in [0.29, 0.717) is 36.5 Å². The van der Waals surface area contributed by atoms with Gasteiger partial charge in [-0.3, -0.25) is 4.79 Å². The standard InChI is InChI=1S/C24H27F3N4O2/c1-24(26,27)13-15-6-7-31-20(12-17-14-30(3)8-9-33-17)22(29-21(31)10-15)18-5-4-16(11-19(18)25)23(32)28-2/h4-7,10-11,17H,8-9,12-14H2,1-3H3,(H,28,32). The van der Waals surface area contributed by atoms with E-state index < -0.39 is 18.2 Å². The van der Waals surface area contributed by atoms with Crippen LogP contribution in [0.15, 0.2) is 36.5 Å². The van der Waals surface area contributed by atoms with E-state index in [1.54, 1.807) is 28.8 Å². The van der Waals surface area contributed by atoms with Crippen molar-refractivity contribution in [1.82, 2.24) is 19.6 Å². The van der Waals surface area contributed by atoms with Crippen LogP contribution in [0, 0.1) is 5.82 Å². The highest BCUT2D eigenvalue weighted by atomic mass is 19.3. The van der Waals surface area contributed by atoms with Gasteiger partial charge in [-0.25, -0.2) is 18.2 Å². The number of fused-ring (bicyclic) bond motifs is 1. The number of hydrogen-bond acceptors (Lipinski definition) is 4. The molecule has 1 atom stereocenters. The highest BCUT2D eigenvalue weighted by Gasteiger charge is 2.26. The van der Waals surface area contributed by atoms with Crippen molar-refractivity contribution >= 4 is 11.6 Å². The number of nitrogens with zero attached hydrogens (tertiary/aromatic N) is 3. The summed E-state index contributed by atoms with van der Waals surface area (Å²) in [5.74, 6) is -3.82. The Balaban J connectivity index is 1.80. The maximum atomic E-state index is 15.1. The molecular weight excluding hydrogens is 433 g/mol. The van der Waals surface area contributed by atoms with Gasteiger partial charge >= 0.3 is 0 Å². The third-order valence-corrected chi connectivity index (χ3v) is 5.78. The molecule has 6 nitrogen and oxygen atoms in total. The minimum atomic E-state index is -2.85. The van der Waals surface area contributed by atoms with Crippen molar-refractivity contribution in [3.63, 3.8) is 0 Å². The molecular formula is C24H27F3N4O2. The van der Waals surface area contributed by atoms with Crippen LogP contribution in [0.25, 0.3) is 16.9 Å². The van der Waals surface area contributed by atoms with Gasteiger partial charge in [0.1, 0.15) is 11.5 Å². The first-order chi connectivity index (χ1) is 15.6. The van der Waals surface area contributed by atoms with E-state index in [2.05, 4.69) is 15.2 Å². The summed E-state index contributed by atoms with van der Waals surface area (Å²) in [6.07, 6.45) is 1.65. The van der Waals surface area contributed by atoms with Gasteiger partial charge in [0.05, 0.1) is 24.1 Å². The van der Waals surface area contributed by atoms with Crippen LogP contribution in [0.4, 0.5) is 13.2 Å². The number of carbonyl (C=O) groups is 1. The number of benzene rings is 1. The fourth-order valence-electron chi connectivity index (χ4n) is 4.22. The van der Waals surface area contributed by atoms with Crippen molar-refractivity contribution in [2.24, 2.45) is 0 Å². The number of amides is 1. The van der Waals surface area contributed by atoms with Gasteiger partial charge in [0, 0.05) is 50.3 Å². The van der Waals surface area contributed by atoms with E-state index in [4.69, 9.17) is 4.74 Å². The average Bonchev–Trinajstić information content (AvgIpc) is 3.09. The van der Waals surface area contributed by atoms with Crippen molar-refractivity contribution in [1.29, 1.82) is 0 Å². The highest BCUT2D eigenvalue weighted by molar-refractivity contribution is 5.94. The van der Waals surface area contributed by atoms with Crippen molar-refractivity contribution in [2.45, 2.75) is 31.8 Å². The predicted octanol–water partition coefficient (Wildman–Crippen LogP) is 3.57. The molecule has 0 radical (unpaired) electrons. The summed E-state index contributed by atoms with van der Waals surface area (Å²) < 4.78 is 50.0. The molecule has 1 N–H and O–H groups in total. The molecule has 176 valence electrons. The Morgan fingerprint density at radius 2 is 2.09 bits per heavy atom. The van der Waals surface area contributed by atoms with E-state index >= 15 is 4.39 Å². The van der Waals surface area contributed by atoms with Gasteiger partial charge in [0.2, 0.25) is 5.92 Å². The number of likely N-dealkylation sites (N-methyl/N-ethyl adjacent to an activating group) is 1. The topological polar surface area (TPSA) is 58.9 Å². The fourth-order valence-corrected chi connectivity index (χ4v) is 4.22. The number of carbonyl (C=O) groups excluding carboxylic acids is 1. The molecule has 0 aliphatic carbocycles. The van der Waals surface area contributed by atoms with Gasteiger partial charge in [-0.15, -0.1) is 0 Å². The largest absolute Gasteiger partial charge is 0.375 e. The minimum Gasteiger partial charge on any atom is -0.375 e. The third kappa shape index (κ3) is 5.20. The highest BCUT2D eigenvalue weighted by Crippen LogP contribution is 2.30. The maximum Gasteiger partial charge on any atom is 0.251 e. The number of hydrogen-bond donors (Lipinski definition) is 1. The number of morpholine rings is 1. The van der Waals surface area contributed by atoms with Crippen LogP contribution < -0.4 is 5.32 Å². The Bertz CT molecular complexity index is 1170. The van der Waals surface area contributed by atoms with Crippen LogP contribution in [-0.2, 0) is 17.6 Å². The first-order valence-electron chi connectivity index (χ1n) is 10.8. The maximum absolute atomic E-state index is 15.1. The quantitative estimate of drug-likeness (QED) is 0.611. The predicted molar refractivity (Wildman–Crippen MR) is 119 cm³/mol. The Kier molecular flexibility index (Phi) is 6.45. The first kappa shape index (κ1) is 23.3. The van der Waals surface area contributed by atoms with Crippen molar-refractivity contribution in [2.75, 3.05) is 33.8 Å². The summed E-state index contributed by atoms with van der Waals surface area (Å²) in [5, 5.41) is 2.48. The molecule has 33 heavy (non-hydrogen) atoms. The Hall–Kier alpha value is -2.91. The Labute approximate surface area is 190 Å². The van der Waals surface area contributed by atoms with Crippen LogP contribution in [0.1, 0.15) is 28.5 Å². The number of imidazole rings is 1. The monoisotopic (exact) mass is 460 g/mol. The number of alkyl halides is 2. The number of rotatable bonds is 6. The normalized spacial score (nSPS) is 17.5. The molecule has 3 aromatic rings. The summed E-state index contributed by atoms with van der Waals surface area (Å²) in [6, 6.07) is 7.49. The molecule has 3 heterocycles. The van der Waals surface area contributed by atoms with Gasteiger partial charge in [0.25, 0.3) is 5.91 Å². The third-order valence-electron chi connectivity index (χ3n) is 5.78. The summed E-state index contributed by atoms with van der Waals surface area (Å²) in [6.45, 7) is 3.02. The molecule has 1 aliphatic heterocycles. The molecule has 1 aliphatic rings. The van der Waals surface area contributed by atoms with Gasteiger partial charge in [-0.05, 0) is 49.9 Å². The zero-order valence-electron chi connectivity index (χ0n) is 18.9. The molecule has 1 amide bonds. The zero-order valence-corrected chi connectivity index (χ0v) is 18.9. The number of ether oxygens (including phenoxy) is 1. The molecule has 4 rings (SSSR count).